The summed E-state index contributed by atoms with van der Waals surface area (Å²) in [6.45, 7) is 6.79. The molecule has 1 amide bonds. The van der Waals surface area contributed by atoms with Crippen LogP contribution in [-0.4, -0.2) is 58.9 Å². The van der Waals surface area contributed by atoms with Crippen molar-refractivity contribution in [2.45, 2.75) is 45.9 Å². The normalized spacial score (nSPS) is 12.5. The molecule has 0 aliphatic heterocycles. The minimum Gasteiger partial charge on any atom is -0.348 e. The summed E-state index contributed by atoms with van der Waals surface area (Å²) in [7, 11) is 1.99. The summed E-state index contributed by atoms with van der Waals surface area (Å²) < 4.78 is 3.22. The maximum atomic E-state index is 12.5. The van der Waals surface area contributed by atoms with Crippen molar-refractivity contribution in [2.24, 2.45) is 0 Å². The predicted octanol–water partition coefficient (Wildman–Crippen LogP) is 0.971. The van der Waals surface area contributed by atoms with Gasteiger partial charge < -0.3 is 5.32 Å². The van der Waals surface area contributed by atoms with Gasteiger partial charge in [0.2, 0.25) is 5.91 Å². The highest BCUT2D eigenvalue weighted by Crippen LogP contribution is 2.15. The summed E-state index contributed by atoms with van der Waals surface area (Å²) in [6, 6.07) is 8.02. The van der Waals surface area contributed by atoms with Gasteiger partial charge in [-0.25, -0.2) is 14.3 Å². The van der Waals surface area contributed by atoms with Crippen molar-refractivity contribution in [1.29, 1.82) is 0 Å². The molecule has 148 valence electrons. The third-order valence-electron chi connectivity index (χ3n) is 4.63. The van der Waals surface area contributed by atoms with E-state index in [0.29, 0.717) is 18.4 Å². The van der Waals surface area contributed by atoms with Gasteiger partial charge in [0.1, 0.15) is 19.2 Å². The molecule has 2 heterocycles. The van der Waals surface area contributed by atoms with Crippen LogP contribution in [0.3, 0.4) is 0 Å². The Morgan fingerprint density at radius 3 is 2.61 bits per heavy atom. The summed E-state index contributed by atoms with van der Waals surface area (Å²) in [5.74, 6) is 0.518. The Kier molecular flexibility index (Phi) is 6.09. The lowest BCUT2D eigenvalue weighted by Gasteiger charge is -2.20. The number of rotatable bonds is 8. The molecule has 10 heteroatoms. The van der Waals surface area contributed by atoms with Crippen LogP contribution in [0.1, 0.15) is 38.2 Å². The van der Waals surface area contributed by atoms with Crippen LogP contribution in [0, 0.1) is 0 Å². The number of aromatic nitrogens is 7. The zero-order valence-electron chi connectivity index (χ0n) is 16.5. The van der Waals surface area contributed by atoms with Gasteiger partial charge in [-0.05, 0) is 55.9 Å². The summed E-state index contributed by atoms with van der Waals surface area (Å²) in [5.41, 5.74) is 1.90. The molecular weight excluding hydrogens is 358 g/mol. The Labute approximate surface area is 163 Å². The topological polar surface area (TPSA) is 107 Å². The van der Waals surface area contributed by atoms with E-state index in [0.717, 1.165) is 11.3 Å². The lowest BCUT2D eigenvalue weighted by atomic mass is 10.1. The molecule has 0 fully saturated rings. The first-order chi connectivity index (χ1) is 13.4. The Morgan fingerprint density at radius 1 is 1.21 bits per heavy atom. The highest BCUT2D eigenvalue weighted by molar-refractivity contribution is 5.76. The van der Waals surface area contributed by atoms with Crippen molar-refractivity contribution in [3.05, 3.63) is 48.3 Å². The molecule has 1 N–H and O–H groups in total. The van der Waals surface area contributed by atoms with E-state index in [1.165, 1.54) is 11.0 Å². The van der Waals surface area contributed by atoms with Crippen molar-refractivity contribution >= 4 is 5.91 Å². The number of benzene rings is 1. The highest BCUT2D eigenvalue weighted by atomic mass is 16.2. The van der Waals surface area contributed by atoms with Crippen LogP contribution in [-0.2, 0) is 17.9 Å². The average Bonchev–Trinajstić information content (AvgIpc) is 3.34. The molecule has 2 aromatic heterocycles. The molecule has 28 heavy (non-hydrogen) atoms. The fourth-order valence-corrected chi connectivity index (χ4v) is 2.63. The monoisotopic (exact) mass is 383 g/mol. The fraction of sp³-hybridized carbons (Fsp3) is 0.444. The first-order valence-corrected chi connectivity index (χ1v) is 9.13. The number of hydrogen-bond acceptors (Lipinski definition) is 7. The van der Waals surface area contributed by atoms with Crippen LogP contribution in [0.5, 0.6) is 0 Å². The van der Waals surface area contributed by atoms with E-state index in [4.69, 9.17) is 0 Å². The van der Waals surface area contributed by atoms with Crippen molar-refractivity contribution in [3.63, 3.8) is 0 Å². The second-order valence-corrected chi connectivity index (χ2v) is 6.98. The molecule has 0 radical (unpaired) electrons. The molecule has 3 aromatic rings. The average molecular weight is 383 g/mol. The highest BCUT2D eigenvalue weighted by Gasteiger charge is 2.16. The lowest BCUT2D eigenvalue weighted by molar-refractivity contribution is -0.122. The Balaban J connectivity index is 1.58. The van der Waals surface area contributed by atoms with Gasteiger partial charge in [-0.3, -0.25) is 9.69 Å². The van der Waals surface area contributed by atoms with Crippen molar-refractivity contribution in [1.82, 2.24) is 45.2 Å². The van der Waals surface area contributed by atoms with E-state index in [2.05, 4.69) is 49.7 Å². The molecule has 1 atom stereocenters. The molecule has 0 aliphatic rings. The van der Waals surface area contributed by atoms with Gasteiger partial charge in [-0.15, -0.1) is 5.10 Å². The third-order valence-corrected chi connectivity index (χ3v) is 4.63. The van der Waals surface area contributed by atoms with E-state index >= 15 is 0 Å². The number of amides is 1. The molecule has 1 unspecified atom stereocenters. The minimum absolute atomic E-state index is 0.0790. The number of hydrogen-bond donors (Lipinski definition) is 1. The quantitative estimate of drug-likeness (QED) is 0.618. The maximum absolute atomic E-state index is 12.5. The largest absolute Gasteiger partial charge is 0.348 e. The first-order valence-electron chi connectivity index (χ1n) is 9.13. The van der Waals surface area contributed by atoms with Gasteiger partial charge >= 0.3 is 0 Å². The molecule has 0 saturated heterocycles. The molecule has 3 rings (SSSR count). The van der Waals surface area contributed by atoms with Crippen LogP contribution < -0.4 is 5.32 Å². The number of tetrazole rings is 1. The van der Waals surface area contributed by atoms with Crippen LogP contribution in [0.2, 0.25) is 0 Å². The number of nitrogens with zero attached hydrogens (tertiary/aromatic N) is 8. The van der Waals surface area contributed by atoms with Gasteiger partial charge in [0.15, 0.2) is 5.82 Å². The molecule has 1 aromatic carbocycles. The SMILES string of the molecule is CC(NC(=O)Cn1nnnc1CN(C)C(C)C)c1ccc(-n2cncn2)cc1. The van der Waals surface area contributed by atoms with Gasteiger partial charge in [-0.1, -0.05) is 12.1 Å². The molecular formula is C18H25N9O. The standard InChI is InChI=1S/C18H25N9O/c1-13(2)25(4)9-17-22-23-24-26(17)10-18(28)21-14(3)15-5-7-16(8-6-15)27-12-19-11-20-27/h5-8,11-14H,9-10H2,1-4H3,(H,21,28). The predicted molar refractivity (Wildman–Crippen MR) is 102 cm³/mol. The number of carbonyl (C=O) groups is 1. The molecule has 10 nitrogen and oxygen atoms in total. The Bertz CT molecular complexity index is 886. The van der Waals surface area contributed by atoms with Gasteiger partial charge in [0.25, 0.3) is 0 Å². The molecule has 0 saturated carbocycles. The summed E-state index contributed by atoms with van der Waals surface area (Å²) in [6.07, 6.45) is 3.13. The van der Waals surface area contributed by atoms with Gasteiger partial charge in [-0.2, -0.15) is 5.10 Å². The van der Waals surface area contributed by atoms with E-state index in [1.807, 2.05) is 38.2 Å². The Morgan fingerprint density at radius 2 is 1.96 bits per heavy atom. The van der Waals surface area contributed by atoms with Crippen LogP contribution in [0.25, 0.3) is 5.69 Å². The van der Waals surface area contributed by atoms with E-state index in [9.17, 15) is 4.79 Å². The van der Waals surface area contributed by atoms with Gasteiger partial charge in [0.05, 0.1) is 18.3 Å². The maximum Gasteiger partial charge on any atom is 0.242 e. The van der Waals surface area contributed by atoms with Gasteiger partial charge in [0, 0.05) is 6.04 Å². The smallest absolute Gasteiger partial charge is 0.242 e. The fourth-order valence-electron chi connectivity index (χ4n) is 2.63. The zero-order chi connectivity index (χ0) is 20.1. The Hall–Kier alpha value is -3.14. The third kappa shape index (κ3) is 4.77. The lowest BCUT2D eigenvalue weighted by Crippen LogP contribution is -2.32. The first kappa shape index (κ1) is 19.6. The zero-order valence-corrected chi connectivity index (χ0v) is 16.5. The van der Waals surface area contributed by atoms with E-state index in [1.54, 1.807) is 11.0 Å². The molecule has 0 aliphatic carbocycles. The number of nitrogens with one attached hydrogen (secondary N) is 1. The van der Waals surface area contributed by atoms with E-state index in [-0.39, 0.29) is 18.5 Å². The van der Waals surface area contributed by atoms with Crippen LogP contribution >= 0.6 is 0 Å². The van der Waals surface area contributed by atoms with E-state index < -0.39 is 0 Å². The van der Waals surface area contributed by atoms with Crippen molar-refractivity contribution < 1.29 is 4.79 Å². The summed E-state index contributed by atoms with van der Waals surface area (Å²) >= 11 is 0. The molecule has 0 spiro atoms. The second-order valence-electron chi connectivity index (χ2n) is 6.98. The summed E-state index contributed by atoms with van der Waals surface area (Å²) in [4.78, 5) is 18.5. The van der Waals surface area contributed by atoms with Crippen molar-refractivity contribution in [3.8, 4) is 5.69 Å². The van der Waals surface area contributed by atoms with Crippen LogP contribution in [0.15, 0.2) is 36.9 Å². The number of carbonyl (C=O) groups excluding carboxylic acids is 1. The van der Waals surface area contributed by atoms with Crippen molar-refractivity contribution in [2.75, 3.05) is 7.05 Å². The minimum atomic E-state index is -0.145. The second kappa shape index (κ2) is 8.70. The molecule has 0 bridgehead atoms. The van der Waals surface area contributed by atoms with Crippen LogP contribution in [0.4, 0.5) is 0 Å². The summed E-state index contributed by atoms with van der Waals surface area (Å²) in [5, 5.41) is 18.8.